The van der Waals surface area contributed by atoms with Gasteiger partial charge in [-0.15, -0.1) is 0 Å². The van der Waals surface area contributed by atoms with Gasteiger partial charge in [0.1, 0.15) is 12.6 Å². The number of nitrogens with zero attached hydrogens (tertiary/aromatic N) is 1. The van der Waals surface area contributed by atoms with Crippen molar-refractivity contribution >= 4 is 42.9 Å². The number of nitrogens with two attached hydrogens (primary N) is 2. The molecule has 30 heavy (non-hydrogen) atoms. The van der Waals surface area contributed by atoms with Gasteiger partial charge < -0.3 is 26.8 Å². The quantitative estimate of drug-likeness (QED) is 0.172. The molecule has 0 unspecified atom stereocenters. The predicted molar refractivity (Wildman–Crippen MR) is 126 cm³/mol. The topological polar surface area (TPSA) is 132 Å². The van der Waals surface area contributed by atoms with Gasteiger partial charge in [-0.25, -0.2) is 4.79 Å². The Kier molecular flexibility index (Phi) is 13.9. The molecule has 6 N–H and O–H groups in total. The maximum Gasteiger partial charge on any atom is 0.328 e. The van der Waals surface area contributed by atoms with Crippen molar-refractivity contribution < 1.29 is 14.3 Å². The van der Waals surface area contributed by atoms with E-state index >= 15 is 0 Å². The molecule has 1 aromatic carbocycles. The molecule has 170 valence electrons. The van der Waals surface area contributed by atoms with Crippen LogP contribution in [0.15, 0.2) is 29.3 Å². The van der Waals surface area contributed by atoms with E-state index in [2.05, 4.69) is 15.6 Å². The average molecular weight is 460 g/mol. The lowest BCUT2D eigenvalue weighted by Gasteiger charge is -2.21. The first-order chi connectivity index (χ1) is 13.7. The van der Waals surface area contributed by atoms with Gasteiger partial charge in [-0.3, -0.25) is 9.79 Å². The fraction of sp³-hybridized carbons (Fsp3) is 0.550. The van der Waals surface area contributed by atoms with Crippen molar-refractivity contribution in [1.29, 1.82) is 0 Å². The second kappa shape index (κ2) is 14.9. The van der Waals surface area contributed by atoms with Crippen molar-refractivity contribution in [2.24, 2.45) is 22.4 Å². The first-order valence-corrected chi connectivity index (χ1v) is 10.0. The van der Waals surface area contributed by atoms with Gasteiger partial charge in [0.25, 0.3) is 0 Å². The Bertz CT molecular complexity index is 703. The van der Waals surface area contributed by atoms with Gasteiger partial charge in [0.05, 0.1) is 6.04 Å². The number of amides is 1. The molecule has 0 aromatic heterocycles. The van der Waals surface area contributed by atoms with E-state index in [9.17, 15) is 9.59 Å². The molecule has 0 saturated heterocycles. The first-order valence-electron chi connectivity index (χ1n) is 9.66. The van der Waals surface area contributed by atoms with Crippen LogP contribution in [-0.4, -0.2) is 43.5 Å². The molecule has 1 rings (SSSR count). The Balaban J connectivity index is 0.00000841. The van der Waals surface area contributed by atoms with Gasteiger partial charge in [-0.2, -0.15) is 13.5 Å². The molecule has 0 aliphatic heterocycles. The number of ether oxygens (including phenoxy) is 1. The number of guanidine groups is 1. The molecular weight excluding hydrogens is 426 g/mol. The first kappa shape index (κ1) is 28.0. The van der Waals surface area contributed by atoms with E-state index < -0.39 is 18.1 Å². The summed E-state index contributed by atoms with van der Waals surface area (Å²) in [7, 11) is 1.58. The van der Waals surface area contributed by atoms with Crippen molar-refractivity contribution in [2.45, 2.75) is 51.8 Å². The molecule has 0 saturated carbocycles. The van der Waals surface area contributed by atoms with Crippen LogP contribution in [0.3, 0.4) is 0 Å². The molecule has 0 aliphatic carbocycles. The van der Waals surface area contributed by atoms with Crippen LogP contribution in [-0.2, 0) is 20.9 Å². The minimum atomic E-state index is -0.767. The van der Waals surface area contributed by atoms with Crippen LogP contribution in [0.25, 0.3) is 0 Å². The summed E-state index contributed by atoms with van der Waals surface area (Å²) in [6.45, 7) is 4.53. The largest absolute Gasteiger partial charge is 0.459 e. The van der Waals surface area contributed by atoms with Crippen molar-refractivity contribution in [3.63, 3.8) is 0 Å². The van der Waals surface area contributed by atoms with E-state index in [0.717, 1.165) is 0 Å². The lowest BCUT2D eigenvalue weighted by molar-refractivity contribution is -0.149. The van der Waals surface area contributed by atoms with Gasteiger partial charge >= 0.3 is 5.97 Å². The van der Waals surface area contributed by atoms with Gasteiger partial charge in [-0.1, -0.05) is 43.6 Å². The zero-order chi connectivity index (χ0) is 21.8. The molecular formula is C20H34ClN5O3S. The van der Waals surface area contributed by atoms with Crippen LogP contribution in [0.4, 0.5) is 0 Å². The molecule has 2 atom stereocenters. The molecule has 0 radical (unpaired) electrons. The van der Waals surface area contributed by atoms with Crippen molar-refractivity contribution in [3.8, 4) is 0 Å². The number of nitrogens with one attached hydrogen (secondary N) is 2. The molecule has 0 spiro atoms. The fourth-order valence-corrected chi connectivity index (χ4v) is 2.77. The summed E-state index contributed by atoms with van der Waals surface area (Å²) in [4.78, 5) is 28.7. The summed E-state index contributed by atoms with van der Waals surface area (Å²) in [5.74, 6) is -0.374. The Labute approximate surface area is 190 Å². The highest BCUT2D eigenvalue weighted by Gasteiger charge is 2.26. The summed E-state index contributed by atoms with van der Waals surface area (Å²) in [5.41, 5.74) is 12.2. The number of carbonyl (C=O) groups is 2. The highest BCUT2D eigenvalue weighted by atomic mass is 35.5. The Morgan fingerprint density at radius 1 is 1.27 bits per heavy atom. The third-order valence-corrected chi connectivity index (χ3v) is 4.58. The third kappa shape index (κ3) is 10.7. The summed E-state index contributed by atoms with van der Waals surface area (Å²) in [6, 6.07) is 5.63. The van der Waals surface area contributed by atoms with E-state index in [1.165, 1.54) is 0 Å². The van der Waals surface area contributed by atoms with E-state index in [0.29, 0.717) is 42.4 Å². The van der Waals surface area contributed by atoms with Crippen LogP contribution in [0.5, 0.6) is 0 Å². The molecule has 1 amide bonds. The predicted octanol–water partition coefficient (Wildman–Crippen LogP) is 1.67. The average Bonchev–Trinajstić information content (AvgIpc) is 2.68. The molecule has 8 nitrogen and oxygen atoms in total. The molecule has 0 fully saturated rings. The van der Waals surface area contributed by atoms with Crippen LogP contribution in [0.2, 0.25) is 5.02 Å². The second-order valence-electron chi connectivity index (χ2n) is 7.17. The zero-order valence-electron chi connectivity index (χ0n) is 17.8. The summed E-state index contributed by atoms with van der Waals surface area (Å²) in [6.07, 6.45) is 1.53. The Morgan fingerprint density at radius 2 is 1.93 bits per heavy atom. The molecule has 1 aromatic rings. The number of benzene rings is 1. The Hall–Kier alpha value is -1.97. The monoisotopic (exact) mass is 459 g/mol. The van der Waals surface area contributed by atoms with Crippen LogP contribution in [0, 0.1) is 5.92 Å². The molecule has 0 bridgehead atoms. The van der Waals surface area contributed by atoms with Gasteiger partial charge in [-0.05, 0) is 31.2 Å². The maximum absolute atomic E-state index is 12.5. The molecule has 0 heterocycles. The van der Waals surface area contributed by atoms with E-state index in [1.807, 2.05) is 19.9 Å². The Morgan fingerprint density at radius 3 is 2.53 bits per heavy atom. The summed E-state index contributed by atoms with van der Waals surface area (Å²) in [5, 5.41) is 6.15. The number of esters is 1. The SMILES string of the molecule is CN=C(N)NCCC[C@@H](N)C(=O)N[C@@H](CC(C)C)C(=O)OCc1ccccc1Cl.S. The van der Waals surface area contributed by atoms with Crippen LogP contribution < -0.4 is 22.1 Å². The smallest absolute Gasteiger partial charge is 0.328 e. The van der Waals surface area contributed by atoms with Crippen molar-refractivity contribution in [3.05, 3.63) is 34.9 Å². The van der Waals surface area contributed by atoms with E-state index in [-0.39, 0.29) is 31.9 Å². The molecule has 0 aliphatic rings. The second-order valence-corrected chi connectivity index (χ2v) is 7.58. The van der Waals surface area contributed by atoms with E-state index in [4.69, 9.17) is 27.8 Å². The maximum atomic E-state index is 12.5. The number of rotatable bonds is 11. The van der Waals surface area contributed by atoms with Crippen LogP contribution in [0.1, 0.15) is 38.7 Å². The van der Waals surface area contributed by atoms with Gasteiger partial charge in [0.2, 0.25) is 5.91 Å². The number of aliphatic imine (C=N–C) groups is 1. The fourth-order valence-electron chi connectivity index (χ4n) is 2.58. The normalized spacial score (nSPS) is 13.2. The lowest BCUT2D eigenvalue weighted by Crippen LogP contribution is -2.49. The number of hydrogen-bond acceptors (Lipinski definition) is 5. The zero-order valence-corrected chi connectivity index (χ0v) is 19.5. The van der Waals surface area contributed by atoms with Crippen molar-refractivity contribution in [2.75, 3.05) is 13.6 Å². The highest BCUT2D eigenvalue weighted by Crippen LogP contribution is 2.16. The summed E-state index contributed by atoms with van der Waals surface area (Å²) >= 11 is 6.09. The van der Waals surface area contributed by atoms with Gasteiger partial charge in [0, 0.05) is 24.2 Å². The van der Waals surface area contributed by atoms with Gasteiger partial charge in [0.15, 0.2) is 5.96 Å². The lowest BCUT2D eigenvalue weighted by atomic mass is 10.0. The summed E-state index contributed by atoms with van der Waals surface area (Å²) < 4.78 is 5.37. The molecule has 10 heteroatoms. The number of carbonyl (C=O) groups excluding carboxylic acids is 2. The minimum Gasteiger partial charge on any atom is -0.459 e. The van der Waals surface area contributed by atoms with E-state index in [1.54, 1.807) is 25.2 Å². The minimum absolute atomic E-state index is 0. The highest BCUT2D eigenvalue weighted by molar-refractivity contribution is 7.59. The van der Waals surface area contributed by atoms with Crippen molar-refractivity contribution in [1.82, 2.24) is 10.6 Å². The van der Waals surface area contributed by atoms with Crippen LogP contribution >= 0.6 is 25.1 Å². The number of halogens is 1. The third-order valence-electron chi connectivity index (χ3n) is 4.21. The standard InChI is InChI=1S/C20H32ClN5O3.H2S/c1-13(2)11-17(19(28)29-12-14-7-4-5-8-15(14)21)26-18(27)16(22)9-6-10-25-20(23)24-3;/h4-5,7-8,13,16-17H,6,9-12,22H2,1-3H3,(H,26,27)(H3,23,24,25);1H2/t16-,17+;/m1./s1. The number of hydrogen-bond donors (Lipinski definition) is 4.